The lowest BCUT2D eigenvalue weighted by molar-refractivity contribution is -0.127. The van der Waals surface area contributed by atoms with Gasteiger partial charge in [-0.25, -0.2) is 0 Å². The molecule has 0 fully saturated rings. The number of hydrogen-bond donors (Lipinski definition) is 1. The van der Waals surface area contributed by atoms with Crippen LogP contribution >= 0.6 is 11.6 Å². The average molecular weight is 331 g/mol. The van der Waals surface area contributed by atoms with Crippen molar-refractivity contribution in [3.63, 3.8) is 0 Å². The van der Waals surface area contributed by atoms with Crippen molar-refractivity contribution in [2.45, 2.75) is 19.9 Å². The van der Waals surface area contributed by atoms with Gasteiger partial charge in [-0.2, -0.15) is 0 Å². The van der Waals surface area contributed by atoms with E-state index in [0.717, 1.165) is 31.1 Å². The SMILES string of the molecule is CC(=O)N(C)CCCNCc1ccc(-c2ccc(Cl)cc2)cc1. The van der Waals surface area contributed by atoms with E-state index in [-0.39, 0.29) is 5.91 Å². The lowest BCUT2D eigenvalue weighted by atomic mass is 10.0. The van der Waals surface area contributed by atoms with Crippen LogP contribution in [-0.2, 0) is 11.3 Å². The summed E-state index contributed by atoms with van der Waals surface area (Å²) in [6.07, 6.45) is 0.957. The summed E-state index contributed by atoms with van der Waals surface area (Å²) in [6, 6.07) is 16.4. The van der Waals surface area contributed by atoms with Crippen molar-refractivity contribution in [1.29, 1.82) is 0 Å². The van der Waals surface area contributed by atoms with Crippen LogP contribution in [-0.4, -0.2) is 30.9 Å². The summed E-state index contributed by atoms with van der Waals surface area (Å²) in [4.78, 5) is 12.8. The summed E-state index contributed by atoms with van der Waals surface area (Å²) in [6.45, 7) is 4.12. The van der Waals surface area contributed by atoms with E-state index < -0.39 is 0 Å². The molecule has 0 aliphatic heterocycles. The van der Waals surface area contributed by atoms with Gasteiger partial charge >= 0.3 is 0 Å². The van der Waals surface area contributed by atoms with E-state index in [9.17, 15) is 4.79 Å². The molecule has 122 valence electrons. The molecule has 4 heteroatoms. The molecule has 0 aliphatic rings. The van der Waals surface area contributed by atoms with Crippen molar-refractivity contribution in [3.05, 3.63) is 59.1 Å². The van der Waals surface area contributed by atoms with E-state index in [4.69, 9.17) is 11.6 Å². The van der Waals surface area contributed by atoms with E-state index in [0.29, 0.717) is 0 Å². The minimum Gasteiger partial charge on any atom is -0.346 e. The molecule has 23 heavy (non-hydrogen) atoms. The molecule has 0 heterocycles. The van der Waals surface area contributed by atoms with E-state index in [1.165, 1.54) is 16.7 Å². The zero-order chi connectivity index (χ0) is 16.7. The molecular formula is C19H23ClN2O. The number of carbonyl (C=O) groups is 1. The lowest BCUT2D eigenvalue weighted by Crippen LogP contribution is -2.27. The molecule has 0 bridgehead atoms. The van der Waals surface area contributed by atoms with Gasteiger partial charge in [-0.1, -0.05) is 48.0 Å². The summed E-state index contributed by atoms with van der Waals surface area (Å²) >= 11 is 5.91. The molecule has 1 N–H and O–H groups in total. The van der Waals surface area contributed by atoms with Gasteiger partial charge in [0.15, 0.2) is 0 Å². The molecule has 0 saturated heterocycles. The predicted molar refractivity (Wildman–Crippen MR) is 96.5 cm³/mol. The van der Waals surface area contributed by atoms with Gasteiger partial charge in [-0.3, -0.25) is 4.79 Å². The van der Waals surface area contributed by atoms with Crippen LogP contribution in [0.5, 0.6) is 0 Å². The zero-order valence-corrected chi connectivity index (χ0v) is 14.4. The molecule has 0 aliphatic carbocycles. The van der Waals surface area contributed by atoms with Gasteiger partial charge in [-0.15, -0.1) is 0 Å². The molecule has 0 unspecified atom stereocenters. The smallest absolute Gasteiger partial charge is 0.219 e. The summed E-state index contributed by atoms with van der Waals surface area (Å²) < 4.78 is 0. The number of hydrogen-bond acceptors (Lipinski definition) is 2. The fraction of sp³-hybridized carbons (Fsp3) is 0.316. The van der Waals surface area contributed by atoms with Crippen molar-refractivity contribution >= 4 is 17.5 Å². The quantitative estimate of drug-likeness (QED) is 0.779. The maximum atomic E-state index is 11.1. The second-order valence-electron chi connectivity index (χ2n) is 5.67. The minimum absolute atomic E-state index is 0.114. The first kappa shape index (κ1) is 17.5. The molecule has 0 spiro atoms. The Morgan fingerprint density at radius 1 is 1.04 bits per heavy atom. The molecule has 3 nitrogen and oxygen atoms in total. The second-order valence-corrected chi connectivity index (χ2v) is 6.11. The third kappa shape index (κ3) is 5.70. The van der Waals surface area contributed by atoms with Crippen LogP contribution < -0.4 is 5.32 Å². The molecule has 0 atom stereocenters. The lowest BCUT2D eigenvalue weighted by Gasteiger charge is -2.14. The Morgan fingerprint density at radius 3 is 2.17 bits per heavy atom. The van der Waals surface area contributed by atoms with Crippen LogP contribution in [0.4, 0.5) is 0 Å². The minimum atomic E-state index is 0.114. The largest absolute Gasteiger partial charge is 0.346 e. The first-order valence-corrected chi connectivity index (χ1v) is 8.21. The van der Waals surface area contributed by atoms with Crippen LogP contribution in [0.25, 0.3) is 11.1 Å². The van der Waals surface area contributed by atoms with E-state index in [1.54, 1.807) is 11.8 Å². The van der Waals surface area contributed by atoms with Crippen molar-refractivity contribution < 1.29 is 4.79 Å². The van der Waals surface area contributed by atoms with E-state index >= 15 is 0 Å². The molecule has 0 aromatic heterocycles. The predicted octanol–water partition coefficient (Wildman–Crippen LogP) is 3.97. The molecule has 2 rings (SSSR count). The van der Waals surface area contributed by atoms with Crippen LogP contribution in [0.15, 0.2) is 48.5 Å². The van der Waals surface area contributed by atoms with E-state index in [1.807, 2.05) is 31.3 Å². The molecule has 0 radical (unpaired) electrons. The van der Waals surface area contributed by atoms with Gasteiger partial charge in [0.1, 0.15) is 0 Å². The first-order valence-electron chi connectivity index (χ1n) is 7.83. The van der Waals surface area contributed by atoms with Gasteiger partial charge < -0.3 is 10.2 Å². The average Bonchev–Trinajstić information content (AvgIpc) is 2.55. The van der Waals surface area contributed by atoms with Crippen molar-refractivity contribution in [3.8, 4) is 11.1 Å². The zero-order valence-electron chi connectivity index (χ0n) is 13.7. The van der Waals surface area contributed by atoms with Crippen molar-refractivity contribution in [2.24, 2.45) is 0 Å². The standard InChI is InChI=1S/C19H23ClN2O/c1-15(23)22(2)13-3-12-21-14-16-4-6-17(7-5-16)18-8-10-19(20)11-9-18/h4-11,21H,3,12-14H2,1-2H3. The molecule has 2 aromatic rings. The third-order valence-corrected chi connectivity index (χ3v) is 4.10. The molecular weight excluding hydrogens is 308 g/mol. The van der Waals surface area contributed by atoms with Gasteiger partial charge in [0.05, 0.1) is 0 Å². The third-order valence-electron chi connectivity index (χ3n) is 3.85. The summed E-state index contributed by atoms with van der Waals surface area (Å²) in [7, 11) is 1.83. The van der Waals surface area contributed by atoms with Gasteiger partial charge in [-0.05, 0) is 41.8 Å². The van der Waals surface area contributed by atoms with Crippen LogP contribution in [0, 0.1) is 0 Å². The highest BCUT2D eigenvalue weighted by atomic mass is 35.5. The number of rotatable bonds is 7. The maximum absolute atomic E-state index is 11.1. The van der Waals surface area contributed by atoms with Gasteiger partial charge in [0.2, 0.25) is 5.91 Å². The number of nitrogens with zero attached hydrogens (tertiary/aromatic N) is 1. The maximum Gasteiger partial charge on any atom is 0.219 e. The van der Waals surface area contributed by atoms with E-state index in [2.05, 4.69) is 29.6 Å². The van der Waals surface area contributed by atoms with Gasteiger partial charge in [0.25, 0.3) is 0 Å². The Hall–Kier alpha value is -1.84. The van der Waals surface area contributed by atoms with Crippen LogP contribution in [0.3, 0.4) is 0 Å². The number of carbonyl (C=O) groups excluding carboxylic acids is 1. The number of benzene rings is 2. The summed E-state index contributed by atoms with van der Waals surface area (Å²) in [5, 5.41) is 4.16. The summed E-state index contributed by atoms with van der Waals surface area (Å²) in [5.41, 5.74) is 3.61. The molecule has 0 saturated carbocycles. The Morgan fingerprint density at radius 2 is 1.61 bits per heavy atom. The first-order chi connectivity index (χ1) is 11.1. The normalized spacial score (nSPS) is 10.6. The van der Waals surface area contributed by atoms with Crippen molar-refractivity contribution in [2.75, 3.05) is 20.1 Å². The highest BCUT2D eigenvalue weighted by Crippen LogP contribution is 2.21. The number of halogens is 1. The fourth-order valence-electron chi connectivity index (χ4n) is 2.29. The Labute approximate surface area is 143 Å². The fourth-order valence-corrected chi connectivity index (χ4v) is 2.41. The van der Waals surface area contributed by atoms with Crippen LogP contribution in [0.1, 0.15) is 18.9 Å². The number of amides is 1. The number of nitrogens with one attached hydrogen (secondary N) is 1. The Kier molecular flexibility index (Phi) is 6.63. The second kappa shape index (κ2) is 8.70. The van der Waals surface area contributed by atoms with Gasteiger partial charge in [0, 0.05) is 32.1 Å². The Bertz CT molecular complexity index is 623. The molecule has 1 amide bonds. The molecule has 2 aromatic carbocycles. The monoisotopic (exact) mass is 330 g/mol. The van der Waals surface area contributed by atoms with Crippen LogP contribution in [0.2, 0.25) is 5.02 Å². The topological polar surface area (TPSA) is 32.3 Å². The highest BCUT2D eigenvalue weighted by Gasteiger charge is 2.01. The van der Waals surface area contributed by atoms with Crippen molar-refractivity contribution in [1.82, 2.24) is 10.2 Å². The highest BCUT2D eigenvalue weighted by molar-refractivity contribution is 6.30. The summed E-state index contributed by atoms with van der Waals surface area (Å²) in [5.74, 6) is 0.114. The Balaban J connectivity index is 1.77.